The molecule has 2 rings (SSSR count). The average molecular weight is 286 g/mol. The summed E-state index contributed by atoms with van der Waals surface area (Å²) in [5.74, 6) is -0.0430. The van der Waals surface area contributed by atoms with E-state index in [0.717, 1.165) is 19.3 Å². The Morgan fingerprint density at radius 1 is 1.58 bits per heavy atom. The van der Waals surface area contributed by atoms with Gasteiger partial charge in [-0.05, 0) is 19.3 Å². The Labute approximate surface area is 117 Å². The third-order valence-electron chi connectivity index (χ3n) is 3.76. The smallest absolute Gasteiger partial charge is 0.256 e. The fourth-order valence-electron chi connectivity index (χ4n) is 2.60. The molecule has 1 aliphatic rings. The van der Waals surface area contributed by atoms with Crippen LogP contribution in [0.5, 0.6) is 0 Å². The van der Waals surface area contributed by atoms with Gasteiger partial charge in [0.2, 0.25) is 0 Å². The first-order valence-corrected chi connectivity index (χ1v) is 7.10. The van der Waals surface area contributed by atoms with E-state index < -0.39 is 0 Å². The highest BCUT2D eigenvalue weighted by molar-refractivity contribution is 6.33. The number of hydrogen-bond acceptors (Lipinski definition) is 3. The maximum Gasteiger partial charge on any atom is 0.256 e. The second-order valence-electron chi connectivity index (χ2n) is 5.06. The molecule has 6 heteroatoms. The maximum absolute atomic E-state index is 12.2. The van der Waals surface area contributed by atoms with Gasteiger partial charge >= 0.3 is 0 Å². The summed E-state index contributed by atoms with van der Waals surface area (Å²) < 4.78 is 1.51. The molecule has 106 valence electrons. The number of nitrogens with one attached hydrogen (secondary N) is 1. The van der Waals surface area contributed by atoms with Crippen LogP contribution in [-0.4, -0.2) is 33.4 Å². The van der Waals surface area contributed by atoms with Crippen molar-refractivity contribution >= 4 is 17.5 Å². The molecule has 0 spiro atoms. The summed E-state index contributed by atoms with van der Waals surface area (Å²) in [6, 6.07) is 0. The van der Waals surface area contributed by atoms with Gasteiger partial charge in [0.25, 0.3) is 5.91 Å². The van der Waals surface area contributed by atoms with Crippen LogP contribution in [0.25, 0.3) is 0 Å². The molecule has 1 saturated carbocycles. The molecule has 1 aliphatic carbocycles. The molecule has 2 atom stereocenters. The third-order valence-corrected chi connectivity index (χ3v) is 4.19. The summed E-state index contributed by atoms with van der Waals surface area (Å²) in [6.45, 7) is 2.44. The van der Waals surface area contributed by atoms with Gasteiger partial charge in [0.1, 0.15) is 5.15 Å². The molecule has 0 aromatic carbocycles. The van der Waals surface area contributed by atoms with Crippen LogP contribution in [0.15, 0.2) is 0 Å². The molecule has 0 radical (unpaired) electrons. The number of carbonyl (C=O) groups is 1. The van der Waals surface area contributed by atoms with E-state index in [0.29, 0.717) is 29.4 Å². The van der Waals surface area contributed by atoms with Crippen LogP contribution in [-0.2, 0) is 13.5 Å². The molecular weight excluding hydrogens is 266 g/mol. The Morgan fingerprint density at radius 2 is 2.32 bits per heavy atom. The minimum Gasteiger partial charge on any atom is -0.393 e. The van der Waals surface area contributed by atoms with Crippen LogP contribution in [0.3, 0.4) is 0 Å². The van der Waals surface area contributed by atoms with E-state index in [-0.39, 0.29) is 17.9 Å². The number of amides is 1. The molecule has 1 fully saturated rings. The SMILES string of the molecule is CCc1nn(C)c(Cl)c1C(=O)NCC1CCCC1O. The topological polar surface area (TPSA) is 67.2 Å². The number of hydrogen-bond donors (Lipinski definition) is 2. The van der Waals surface area contributed by atoms with Crippen LogP contribution >= 0.6 is 11.6 Å². The van der Waals surface area contributed by atoms with Crippen molar-refractivity contribution in [3.05, 3.63) is 16.4 Å². The number of rotatable bonds is 4. The monoisotopic (exact) mass is 285 g/mol. The van der Waals surface area contributed by atoms with Crippen molar-refractivity contribution in [1.82, 2.24) is 15.1 Å². The highest BCUT2D eigenvalue weighted by Crippen LogP contribution is 2.25. The molecule has 0 aliphatic heterocycles. The highest BCUT2D eigenvalue weighted by Gasteiger charge is 2.27. The summed E-state index contributed by atoms with van der Waals surface area (Å²) in [5.41, 5.74) is 1.16. The Kier molecular flexibility index (Phi) is 4.47. The minimum atomic E-state index is -0.296. The van der Waals surface area contributed by atoms with Gasteiger partial charge in [0.05, 0.1) is 17.4 Å². The quantitative estimate of drug-likeness (QED) is 0.881. The maximum atomic E-state index is 12.2. The van der Waals surface area contributed by atoms with Gasteiger partial charge in [0, 0.05) is 19.5 Å². The zero-order valence-electron chi connectivity index (χ0n) is 11.3. The second kappa shape index (κ2) is 5.92. The normalized spacial score (nSPS) is 22.7. The van der Waals surface area contributed by atoms with Gasteiger partial charge in [-0.2, -0.15) is 5.10 Å². The average Bonchev–Trinajstić information content (AvgIpc) is 2.91. The van der Waals surface area contributed by atoms with Crippen molar-refractivity contribution in [2.24, 2.45) is 13.0 Å². The Bertz CT molecular complexity index is 473. The fourth-order valence-corrected chi connectivity index (χ4v) is 2.83. The van der Waals surface area contributed by atoms with Crippen molar-refractivity contribution in [2.45, 2.75) is 38.7 Å². The molecule has 1 aromatic rings. The minimum absolute atomic E-state index is 0.157. The summed E-state index contributed by atoms with van der Waals surface area (Å²) in [6.07, 6.45) is 3.18. The third kappa shape index (κ3) is 2.92. The fraction of sp³-hybridized carbons (Fsp3) is 0.692. The van der Waals surface area contributed by atoms with E-state index in [9.17, 15) is 9.90 Å². The van der Waals surface area contributed by atoms with Crippen molar-refractivity contribution in [3.8, 4) is 0 Å². The first-order valence-electron chi connectivity index (χ1n) is 6.72. The lowest BCUT2D eigenvalue weighted by atomic mass is 10.1. The summed E-state index contributed by atoms with van der Waals surface area (Å²) in [4.78, 5) is 12.2. The lowest BCUT2D eigenvalue weighted by molar-refractivity contribution is 0.0916. The van der Waals surface area contributed by atoms with E-state index in [1.165, 1.54) is 4.68 Å². The second-order valence-corrected chi connectivity index (χ2v) is 5.42. The Morgan fingerprint density at radius 3 is 2.89 bits per heavy atom. The van der Waals surface area contributed by atoms with Crippen molar-refractivity contribution in [2.75, 3.05) is 6.54 Å². The molecule has 1 heterocycles. The van der Waals surface area contributed by atoms with E-state index >= 15 is 0 Å². The predicted molar refractivity (Wildman–Crippen MR) is 73.3 cm³/mol. The van der Waals surface area contributed by atoms with Gasteiger partial charge in [-0.25, -0.2) is 0 Å². The summed E-state index contributed by atoms with van der Waals surface area (Å²) in [7, 11) is 1.72. The van der Waals surface area contributed by atoms with Crippen LogP contribution in [0, 0.1) is 5.92 Å². The van der Waals surface area contributed by atoms with Crippen molar-refractivity contribution < 1.29 is 9.90 Å². The number of aliphatic hydroxyl groups is 1. The van der Waals surface area contributed by atoms with Gasteiger partial charge < -0.3 is 10.4 Å². The molecule has 5 nitrogen and oxygen atoms in total. The molecule has 19 heavy (non-hydrogen) atoms. The van der Waals surface area contributed by atoms with Crippen molar-refractivity contribution in [1.29, 1.82) is 0 Å². The van der Waals surface area contributed by atoms with Crippen LogP contribution in [0.1, 0.15) is 42.2 Å². The van der Waals surface area contributed by atoms with E-state index in [4.69, 9.17) is 11.6 Å². The lowest BCUT2D eigenvalue weighted by Crippen LogP contribution is -2.32. The first-order chi connectivity index (χ1) is 9.04. The number of halogens is 1. The van der Waals surface area contributed by atoms with Crippen LogP contribution in [0.4, 0.5) is 0 Å². The number of aliphatic hydroxyl groups excluding tert-OH is 1. The highest BCUT2D eigenvalue weighted by atomic mass is 35.5. The standard InChI is InChI=1S/C13H20ClN3O2/c1-3-9-11(12(14)17(2)16-9)13(19)15-7-8-5-4-6-10(8)18/h8,10,18H,3-7H2,1-2H3,(H,15,19). The molecule has 2 unspecified atom stereocenters. The number of carbonyl (C=O) groups excluding carboxylic acids is 1. The summed E-state index contributed by atoms with van der Waals surface area (Å²) >= 11 is 6.10. The van der Waals surface area contributed by atoms with E-state index in [1.807, 2.05) is 6.92 Å². The lowest BCUT2D eigenvalue weighted by Gasteiger charge is -2.15. The van der Waals surface area contributed by atoms with Gasteiger partial charge in [0.15, 0.2) is 0 Å². The number of aryl methyl sites for hydroxylation is 2. The largest absolute Gasteiger partial charge is 0.393 e. The van der Waals surface area contributed by atoms with E-state index in [1.54, 1.807) is 7.05 Å². The summed E-state index contributed by atoms with van der Waals surface area (Å²) in [5, 5.41) is 17.2. The zero-order chi connectivity index (χ0) is 14.0. The van der Waals surface area contributed by atoms with Gasteiger partial charge in [-0.1, -0.05) is 24.9 Å². The number of aromatic nitrogens is 2. The number of nitrogens with zero attached hydrogens (tertiary/aromatic N) is 2. The van der Waals surface area contributed by atoms with Crippen LogP contribution < -0.4 is 5.32 Å². The molecule has 1 aromatic heterocycles. The van der Waals surface area contributed by atoms with Crippen molar-refractivity contribution in [3.63, 3.8) is 0 Å². The Hall–Kier alpha value is -1.07. The predicted octanol–water partition coefficient (Wildman–Crippen LogP) is 1.53. The van der Waals surface area contributed by atoms with Gasteiger partial charge in [-0.15, -0.1) is 0 Å². The zero-order valence-corrected chi connectivity index (χ0v) is 12.1. The molecule has 0 saturated heterocycles. The molecular formula is C13H20ClN3O2. The Balaban J connectivity index is 2.03. The first kappa shape index (κ1) is 14.3. The molecule has 0 bridgehead atoms. The van der Waals surface area contributed by atoms with Gasteiger partial charge in [-0.3, -0.25) is 9.48 Å². The molecule has 1 amide bonds. The van der Waals surface area contributed by atoms with Crippen LogP contribution in [0.2, 0.25) is 5.15 Å². The van der Waals surface area contributed by atoms with E-state index in [2.05, 4.69) is 10.4 Å². The molecule has 2 N–H and O–H groups in total.